The summed E-state index contributed by atoms with van der Waals surface area (Å²) < 4.78 is 19.5. The fourth-order valence-electron chi connectivity index (χ4n) is 1.49. The number of carboxylic acids is 1. The second-order valence-corrected chi connectivity index (χ2v) is 4.68. The van der Waals surface area contributed by atoms with Crippen LogP contribution >= 0.6 is 15.9 Å². The number of ether oxygens (including phenoxy) is 1. The average molecular weight is 326 g/mol. The molecule has 98 valence electrons. The third kappa shape index (κ3) is 3.08. The minimum atomic E-state index is -1.06. The lowest BCUT2D eigenvalue weighted by Crippen LogP contribution is -2.02. The molecule has 1 aromatic heterocycles. The summed E-state index contributed by atoms with van der Waals surface area (Å²) in [6.07, 6.45) is 0. The zero-order valence-electron chi connectivity index (χ0n) is 9.85. The second-order valence-electron chi connectivity index (χ2n) is 3.76. The molecule has 0 amide bonds. The molecule has 1 N–H and O–H groups in total. The lowest BCUT2D eigenvalue weighted by atomic mass is 10.2. The molecule has 0 aliphatic heterocycles. The fourth-order valence-corrected chi connectivity index (χ4v) is 1.83. The van der Waals surface area contributed by atoms with E-state index in [1.54, 1.807) is 13.0 Å². The number of aromatic carboxylic acids is 1. The van der Waals surface area contributed by atoms with Gasteiger partial charge in [-0.2, -0.15) is 0 Å². The maximum atomic E-state index is 13.5. The minimum absolute atomic E-state index is 0.0179. The third-order valence-corrected chi connectivity index (χ3v) is 2.89. The number of carboxylic acid groups (broad SMARTS) is 1. The summed E-state index contributed by atoms with van der Waals surface area (Å²) in [6.45, 7) is 1.55. The first kappa shape index (κ1) is 13.5. The van der Waals surface area contributed by atoms with E-state index in [2.05, 4.69) is 20.9 Å². The molecule has 19 heavy (non-hydrogen) atoms. The van der Waals surface area contributed by atoms with Crippen molar-refractivity contribution in [2.75, 3.05) is 0 Å². The molecule has 0 fully saturated rings. The Kier molecular flexibility index (Phi) is 3.80. The zero-order valence-corrected chi connectivity index (χ0v) is 11.4. The van der Waals surface area contributed by atoms with E-state index in [9.17, 15) is 9.18 Å². The monoisotopic (exact) mass is 325 g/mol. The van der Waals surface area contributed by atoms with Gasteiger partial charge >= 0.3 is 5.97 Å². The van der Waals surface area contributed by atoms with Crippen LogP contribution in [0, 0.1) is 12.7 Å². The molecule has 0 aliphatic rings. The van der Waals surface area contributed by atoms with Crippen molar-refractivity contribution in [3.05, 3.63) is 51.9 Å². The number of rotatable bonds is 3. The molecular weight excluding hydrogens is 317 g/mol. The molecule has 0 radical (unpaired) electrons. The van der Waals surface area contributed by atoms with Crippen LogP contribution in [0.3, 0.4) is 0 Å². The Balaban J connectivity index is 2.31. The van der Waals surface area contributed by atoms with Crippen molar-refractivity contribution < 1.29 is 19.0 Å². The molecule has 0 atom stereocenters. The number of nitrogens with zero attached hydrogens (tertiary/aromatic N) is 1. The Morgan fingerprint density at radius 2 is 2.11 bits per heavy atom. The zero-order chi connectivity index (χ0) is 14.0. The van der Waals surface area contributed by atoms with Gasteiger partial charge in [0.2, 0.25) is 5.88 Å². The molecule has 0 saturated heterocycles. The molecule has 4 nitrogen and oxygen atoms in total. The van der Waals surface area contributed by atoms with Gasteiger partial charge < -0.3 is 9.84 Å². The lowest BCUT2D eigenvalue weighted by molar-refractivity contribution is 0.0695. The van der Waals surface area contributed by atoms with Crippen molar-refractivity contribution in [3.63, 3.8) is 0 Å². The van der Waals surface area contributed by atoms with E-state index < -0.39 is 11.8 Å². The molecule has 2 rings (SSSR count). The van der Waals surface area contributed by atoms with Crippen LogP contribution in [-0.4, -0.2) is 16.1 Å². The minimum Gasteiger partial charge on any atom is -0.478 e. The first-order chi connectivity index (χ1) is 8.97. The predicted molar refractivity (Wildman–Crippen MR) is 70.1 cm³/mol. The molecule has 0 aliphatic carbocycles. The van der Waals surface area contributed by atoms with E-state index in [0.717, 1.165) is 0 Å². The first-order valence-corrected chi connectivity index (χ1v) is 6.10. The number of hydrogen-bond acceptors (Lipinski definition) is 3. The second kappa shape index (κ2) is 5.36. The number of pyridine rings is 1. The van der Waals surface area contributed by atoms with Crippen molar-refractivity contribution in [1.82, 2.24) is 4.98 Å². The molecule has 0 spiro atoms. The molecule has 1 heterocycles. The van der Waals surface area contributed by atoms with Gasteiger partial charge in [0.25, 0.3) is 0 Å². The largest absolute Gasteiger partial charge is 0.478 e. The summed E-state index contributed by atoms with van der Waals surface area (Å²) in [5.41, 5.74) is 0.391. The van der Waals surface area contributed by atoms with Gasteiger partial charge in [0.15, 0.2) is 11.6 Å². The highest BCUT2D eigenvalue weighted by Gasteiger charge is 2.11. The number of hydrogen-bond donors (Lipinski definition) is 1. The van der Waals surface area contributed by atoms with Gasteiger partial charge in [-0.15, -0.1) is 0 Å². The van der Waals surface area contributed by atoms with Crippen molar-refractivity contribution in [3.8, 4) is 11.6 Å². The van der Waals surface area contributed by atoms with Crippen molar-refractivity contribution in [2.24, 2.45) is 0 Å². The van der Waals surface area contributed by atoms with Crippen molar-refractivity contribution in [1.29, 1.82) is 0 Å². The summed E-state index contributed by atoms with van der Waals surface area (Å²) >= 11 is 3.21. The molecule has 0 bridgehead atoms. The molecule has 6 heteroatoms. The summed E-state index contributed by atoms with van der Waals surface area (Å²) in [7, 11) is 0. The highest BCUT2D eigenvalue weighted by Crippen LogP contribution is 2.27. The molecule has 0 unspecified atom stereocenters. The van der Waals surface area contributed by atoms with Gasteiger partial charge in [0.05, 0.1) is 11.3 Å². The Labute approximate surface area is 117 Å². The fraction of sp³-hybridized carbons (Fsp3) is 0.0769. The maximum Gasteiger partial charge on any atom is 0.337 e. The van der Waals surface area contributed by atoms with E-state index in [-0.39, 0.29) is 17.2 Å². The standard InChI is InChI=1S/C13H9BrFNO3/c1-7-9(13(17)18)3-5-12(16-7)19-11-6-8(14)2-4-10(11)15/h2-6H,1H3,(H,17,18). The van der Waals surface area contributed by atoms with Crippen LogP contribution in [0.25, 0.3) is 0 Å². The van der Waals surface area contributed by atoms with Crippen LogP contribution in [0.4, 0.5) is 4.39 Å². The first-order valence-electron chi connectivity index (χ1n) is 5.31. The van der Waals surface area contributed by atoms with Crippen LogP contribution in [0.2, 0.25) is 0 Å². The van der Waals surface area contributed by atoms with E-state index >= 15 is 0 Å². The number of benzene rings is 1. The van der Waals surface area contributed by atoms with Gasteiger partial charge in [-0.25, -0.2) is 14.2 Å². The van der Waals surface area contributed by atoms with Crippen LogP contribution in [0.1, 0.15) is 16.1 Å². The van der Waals surface area contributed by atoms with Gasteiger partial charge in [-0.1, -0.05) is 15.9 Å². The van der Waals surface area contributed by atoms with E-state index in [0.29, 0.717) is 10.2 Å². The molecule has 0 saturated carbocycles. The average Bonchev–Trinajstić information content (AvgIpc) is 2.33. The smallest absolute Gasteiger partial charge is 0.337 e. The van der Waals surface area contributed by atoms with Crippen LogP contribution in [0.15, 0.2) is 34.8 Å². The topological polar surface area (TPSA) is 59.4 Å². The molecular formula is C13H9BrFNO3. The maximum absolute atomic E-state index is 13.5. The lowest BCUT2D eigenvalue weighted by Gasteiger charge is -2.08. The predicted octanol–water partition coefficient (Wildman–Crippen LogP) is 3.78. The third-order valence-electron chi connectivity index (χ3n) is 2.40. The highest BCUT2D eigenvalue weighted by atomic mass is 79.9. The van der Waals surface area contributed by atoms with Gasteiger partial charge in [0.1, 0.15) is 0 Å². The van der Waals surface area contributed by atoms with Crippen molar-refractivity contribution >= 4 is 21.9 Å². The quantitative estimate of drug-likeness (QED) is 0.932. The highest BCUT2D eigenvalue weighted by molar-refractivity contribution is 9.10. The van der Waals surface area contributed by atoms with Gasteiger partial charge in [-0.3, -0.25) is 0 Å². The Hall–Kier alpha value is -1.95. The Morgan fingerprint density at radius 1 is 1.37 bits per heavy atom. The normalized spacial score (nSPS) is 10.3. The Morgan fingerprint density at radius 3 is 2.74 bits per heavy atom. The van der Waals surface area contributed by atoms with E-state index in [1.807, 2.05) is 0 Å². The molecule has 1 aromatic carbocycles. The number of aromatic nitrogens is 1. The number of aryl methyl sites for hydroxylation is 1. The Bertz CT molecular complexity index is 646. The van der Waals surface area contributed by atoms with Gasteiger partial charge in [0, 0.05) is 10.5 Å². The summed E-state index contributed by atoms with van der Waals surface area (Å²) in [6, 6.07) is 7.04. The van der Waals surface area contributed by atoms with E-state index in [4.69, 9.17) is 9.84 Å². The van der Waals surface area contributed by atoms with Crippen LogP contribution in [-0.2, 0) is 0 Å². The summed E-state index contributed by atoms with van der Waals surface area (Å²) in [4.78, 5) is 14.8. The summed E-state index contributed by atoms with van der Waals surface area (Å²) in [5.74, 6) is -1.43. The SMILES string of the molecule is Cc1nc(Oc2cc(Br)ccc2F)ccc1C(=O)O. The summed E-state index contributed by atoms with van der Waals surface area (Å²) in [5, 5.41) is 8.88. The number of carbonyl (C=O) groups is 1. The molecule has 2 aromatic rings. The van der Waals surface area contributed by atoms with E-state index in [1.165, 1.54) is 24.3 Å². The van der Waals surface area contributed by atoms with Crippen LogP contribution in [0.5, 0.6) is 11.6 Å². The van der Waals surface area contributed by atoms with Gasteiger partial charge in [-0.05, 0) is 31.2 Å². The number of halogens is 2. The van der Waals surface area contributed by atoms with Crippen molar-refractivity contribution in [2.45, 2.75) is 6.92 Å². The van der Waals surface area contributed by atoms with Crippen LogP contribution < -0.4 is 4.74 Å².